The maximum absolute atomic E-state index is 11.1. The average Bonchev–Trinajstić information content (AvgIpc) is 2.27. The minimum Gasteiger partial charge on any atom is -0.493 e. The van der Waals surface area contributed by atoms with Crippen molar-refractivity contribution in [3.8, 4) is 5.75 Å². The van der Waals surface area contributed by atoms with Crippen LogP contribution < -0.4 is 4.74 Å². The van der Waals surface area contributed by atoms with Crippen molar-refractivity contribution in [1.29, 1.82) is 0 Å². The Morgan fingerprint density at radius 1 is 1.40 bits per heavy atom. The van der Waals surface area contributed by atoms with Crippen LogP contribution in [0.5, 0.6) is 5.75 Å². The monoisotopic (exact) mass is 276 g/mol. The van der Waals surface area contributed by atoms with Gasteiger partial charge in [-0.3, -0.25) is 4.79 Å². The molecule has 1 aromatic carbocycles. The smallest absolute Gasteiger partial charge is 0.304 e. The van der Waals surface area contributed by atoms with Crippen LogP contribution in [0.1, 0.15) is 50.7 Å². The minimum absolute atomic E-state index is 0.107. The zero-order valence-electron chi connectivity index (χ0n) is 12.6. The Labute approximate surface area is 121 Å². The van der Waals surface area contributed by atoms with Gasteiger partial charge in [-0.25, -0.2) is 0 Å². The van der Waals surface area contributed by atoms with Crippen LogP contribution in [-0.2, 0) is 10.2 Å². The fourth-order valence-electron chi connectivity index (χ4n) is 2.64. The van der Waals surface area contributed by atoms with Crippen molar-refractivity contribution in [3.05, 3.63) is 29.3 Å². The SMILES string of the molecule is Cc1ccc(OCC2CCC2)c(C(C)(C)CC(=O)O)c1. The molecule has 1 aliphatic carbocycles. The topological polar surface area (TPSA) is 46.5 Å². The number of carbonyl (C=O) groups is 1. The molecule has 110 valence electrons. The number of aliphatic carboxylic acids is 1. The molecule has 0 unspecified atom stereocenters. The van der Waals surface area contributed by atoms with Crippen molar-refractivity contribution in [3.63, 3.8) is 0 Å². The highest BCUT2D eigenvalue weighted by molar-refractivity contribution is 5.69. The molecule has 0 saturated heterocycles. The van der Waals surface area contributed by atoms with Gasteiger partial charge in [-0.15, -0.1) is 0 Å². The first kappa shape index (κ1) is 14.9. The summed E-state index contributed by atoms with van der Waals surface area (Å²) >= 11 is 0. The molecule has 2 rings (SSSR count). The molecular formula is C17H24O3. The fourth-order valence-corrected chi connectivity index (χ4v) is 2.64. The van der Waals surface area contributed by atoms with E-state index in [4.69, 9.17) is 9.84 Å². The second-order valence-electron chi connectivity index (χ2n) is 6.56. The molecule has 0 spiro atoms. The Morgan fingerprint density at radius 2 is 2.10 bits per heavy atom. The summed E-state index contributed by atoms with van der Waals surface area (Å²) in [4.78, 5) is 11.1. The largest absolute Gasteiger partial charge is 0.493 e. The van der Waals surface area contributed by atoms with Crippen LogP contribution in [0.15, 0.2) is 18.2 Å². The Kier molecular flexibility index (Phi) is 4.36. The summed E-state index contributed by atoms with van der Waals surface area (Å²) in [6, 6.07) is 6.06. The van der Waals surface area contributed by atoms with Gasteiger partial charge < -0.3 is 9.84 Å². The third-order valence-electron chi connectivity index (χ3n) is 4.16. The van der Waals surface area contributed by atoms with Crippen molar-refractivity contribution in [2.45, 2.75) is 51.9 Å². The summed E-state index contributed by atoms with van der Waals surface area (Å²) in [6.07, 6.45) is 3.91. The van der Waals surface area contributed by atoms with Crippen molar-refractivity contribution in [2.24, 2.45) is 5.92 Å². The molecule has 0 radical (unpaired) electrons. The lowest BCUT2D eigenvalue weighted by Gasteiger charge is -2.29. The van der Waals surface area contributed by atoms with Crippen molar-refractivity contribution in [1.82, 2.24) is 0 Å². The lowest BCUT2D eigenvalue weighted by molar-refractivity contribution is -0.138. The van der Waals surface area contributed by atoms with Crippen LogP contribution in [0.2, 0.25) is 0 Å². The quantitative estimate of drug-likeness (QED) is 0.856. The predicted molar refractivity (Wildman–Crippen MR) is 79.3 cm³/mol. The van der Waals surface area contributed by atoms with Crippen molar-refractivity contribution < 1.29 is 14.6 Å². The van der Waals surface area contributed by atoms with Gasteiger partial charge in [0.15, 0.2) is 0 Å². The molecular weight excluding hydrogens is 252 g/mol. The third-order valence-corrected chi connectivity index (χ3v) is 4.16. The van der Waals surface area contributed by atoms with Crippen LogP contribution in [0.3, 0.4) is 0 Å². The predicted octanol–water partition coefficient (Wildman–Crippen LogP) is 3.93. The Balaban J connectivity index is 2.19. The molecule has 1 aromatic rings. The zero-order chi connectivity index (χ0) is 14.8. The molecule has 0 bridgehead atoms. The van der Waals surface area contributed by atoms with Gasteiger partial charge in [0.25, 0.3) is 0 Å². The van der Waals surface area contributed by atoms with E-state index in [1.54, 1.807) is 0 Å². The molecule has 3 nitrogen and oxygen atoms in total. The maximum atomic E-state index is 11.1. The van der Waals surface area contributed by atoms with Gasteiger partial charge in [0.2, 0.25) is 0 Å². The van der Waals surface area contributed by atoms with E-state index in [1.807, 2.05) is 32.9 Å². The van der Waals surface area contributed by atoms with Crippen LogP contribution in [0, 0.1) is 12.8 Å². The summed E-state index contributed by atoms with van der Waals surface area (Å²) < 4.78 is 5.97. The molecule has 1 saturated carbocycles. The van der Waals surface area contributed by atoms with Gasteiger partial charge >= 0.3 is 5.97 Å². The molecule has 0 aromatic heterocycles. The second-order valence-corrected chi connectivity index (χ2v) is 6.56. The summed E-state index contributed by atoms with van der Waals surface area (Å²) in [7, 11) is 0. The Hall–Kier alpha value is -1.51. The van der Waals surface area contributed by atoms with E-state index in [2.05, 4.69) is 6.07 Å². The normalized spacial score (nSPS) is 15.8. The molecule has 0 aliphatic heterocycles. The minimum atomic E-state index is -0.776. The molecule has 1 N–H and O–H groups in total. The van der Waals surface area contributed by atoms with E-state index in [9.17, 15) is 4.79 Å². The number of benzene rings is 1. The zero-order valence-corrected chi connectivity index (χ0v) is 12.6. The molecule has 0 atom stereocenters. The van der Waals surface area contributed by atoms with E-state index >= 15 is 0 Å². The molecule has 3 heteroatoms. The first-order valence-electron chi connectivity index (χ1n) is 7.34. The number of aryl methyl sites for hydroxylation is 1. The molecule has 0 heterocycles. The summed E-state index contributed by atoms with van der Waals surface area (Å²) in [5.41, 5.74) is 1.71. The lowest BCUT2D eigenvalue weighted by atomic mass is 9.80. The first-order chi connectivity index (χ1) is 9.38. The van der Waals surface area contributed by atoms with Crippen molar-refractivity contribution in [2.75, 3.05) is 6.61 Å². The van der Waals surface area contributed by atoms with Gasteiger partial charge in [-0.2, -0.15) is 0 Å². The van der Waals surface area contributed by atoms with Gasteiger partial charge in [-0.05, 0) is 31.7 Å². The Morgan fingerprint density at radius 3 is 2.65 bits per heavy atom. The van der Waals surface area contributed by atoms with Gasteiger partial charge in [-0.1, -0.05) is 38.0 Å². The third kappa shape index (κ3) is 3.53. The van der Waals surface area contributed by atoms with Crippen LogP contribution >= 0.6 is 0 Å². The van der Waals surface area contributed by atoms with E-state index in [0.717, 1.165) is 23.5 Å². The number of hydrogen-bond donors (Lipinski definition) is 1. The highest BCUT2D eigenvalue weighted by atomic mass is 16.5. The maximum Gasteiger partial charge on any atom is 0.304 e. The van der Waals surface area contributed by atoms with E-state index < -0.39 is 11.4 Å². The van der Waals surface area contributed by atoms with Gasteiger partial charge in [0.1, 0.15) is 5.75 Å². The van der Waals surface area contributed by atoms with Gasteiger partial charge in [0.05, 0.1) is 13.0 Å². The second kappa shape index (κ2) is 5.86. The number of rotatable bonds is 6. The van der Waals surface area contributed by atoms with Crippen LogP contribution in [0.4, 0.5) is 0 Å². The molecule has 1 aliphatic rings. The molecule has 0 amide bonds. The summed E-state index contributed by atoms with van der Waals surface area (Å²) in [6.45, 7) is 6.70. The number of ether oxygens (including phenoxy) is 1. The number of carboxylic acids is 1. The molecule has 20 heavy (non-hydrogen) atoms. The molecule has 1 fully saturated rings. The van der Waals surface area contributed by atoms with E-state index in [-0.39, 0.29) is 6.42 Å². The van der Waals surface area contributed by atoms with Crippen LogP contribution in [0.25, 0.3) is 0 Å². The van der Waals surface area contributed by atoms with Crippen LogP contribution in [-0.4, -0.2) is 17.7 Å². The van der Waals surface area contributed by atoms with Gasteiger partial charge in [0, 0.05) is 11.0 Å². The van der Waals surface area contributed by atoms with E-state index in [0.29, 0.717) is 5.92 Å². The average molecular weight is 276 g/mol. The lowest BCUT2D eigenvalue weighted by Crippen LogP contribution is -2.24. The first-order valence-corrected chi connectivity index (χ1v) is 7.34. The van der Waals surface area contributed by atoms with E-state index in [1.165, 1.54) is 19.3 Å². The fraction of sp³-hybridized carbons (Fsp3) is 0.588. The standard InChI is InChI=1S/C17H24O3/c1-12-7-8-15(20-11-13-5-4-6-13)14(9-12)17(2,3)10-16(18)19/h7-9,13H,4-6,10-11H2,1-3H3,(H,18,19). The number of hydrogen-bond acceptors (Lipinski definition) is 2. The van der Waals surface area contributed by atoms with Crippen molar-refractivity contribution >= 4 is 5.97 Å². The highest BCUT2D eigenvalue weighted by Gasteiger charge is 2.28. The number of carboxylic acid groups (broad SMARTS) is 1. The Bertz CT molecular complexity index is 487. The summed E-state index contributed by atoms with van der Waals surface area (Å²) in [5, 5.41) is 9.10. The summed E-state index contributed by atoms with van der Waals surface area (Å²) in [5.74, 6) is 0.738. The highest BCUT2D eigenvalue weighted by Crippen LogP contribution is 2.36.